The predicted octanol–water partition coefficient (Wildman–Crippen LogP) is 3.54. The van der Waals surface area contributed by atoms with E-state index in [0.29, 0.717) is 59.9 Å². The third-order valence-corrected chi connectivity index (χ3v) is 7.60. The number of carbonyl (C=O) groups excluding carboxylic acids is 1. The maximum Gasteiger partial charge on any atom is 0.254 e. The molecule has 0 unspecified atom stereocenters. The average molecular weight is 566 g/mol. The summed E-state index contributed by atoms with van der Waals surface area (Å²) in [4.78, 5) is 31.7. The van der Waals surface area contributed by atoms with Gasteiger partial charge in [-0.25, -0.2) is 15.0 Å². The van der Waals surface area contributed by atoms with E-state index in [1.54, 1.807) is 18.2 Å². The van der Waals surface area contributed by atoms with Crippen molar-refractivity contribution >= 4 is 28.7 Å². The number of benzene rings is 1. The molecule has 0 saturated carbocycles. The number of hydrogen-bond acceptors (Lipinski definition) is 8. The van der Waals surface area contributed by atoms with E-state index in [4.69, 9.17) is 31.8 Å². The normalized spacial score (nSPS) is 18.1. The number of likely N-dealkylation sites (tertiary alicyclic amines) is 1. The molecule has 3 aromatic heterocycles. The second-order valence-electron chi connectivity index (χ2n) is 10.2. The van der Waals surface area contributed by atoms with Crippen LogP contribution in [0.1, 0.15) is 46.8 Å². The molecule has 1 aromatic carbocycles. The first-order valence-corrected chi connectivity index (χ1v) is 13.7. The number of nitrogens with two attached hydrogens (primary N) is 1. The van der Waals surface area contributed by atoms with Crippen molar-refractivity contribution in [3.8, 4) is 5.88 Å². The summed E-state index contributed by atoms with van der Waals surface area (Å²) < 4.78 is 28.2. The Morgan fingerprint density at radius 2 is 1.90 bits per heavy atom. The summed E-state index contributed by atoms with van der Waals surface area (Å²) in [7, 11) is 0. The maximum atomic E-state index is 14.5. The molecule has 10 nitrogen and oxygen atoms in total. The van der Waals surface area contributed by atoms with Crippen LogP contribution in [0.15, 0.2) is 42.7 Å². The van der Waals surface area contributed by atoms with Gasteiger partial charge in [0.05, 0.1) is 31.0 Å². The number of piperidine rings is 1. The number of imidazole rings is 1. The van der Waals surface area contributed by atoms with Crippen LogP contribution in [0.2, 0.25) is 5.02 Å². The minimum atomic E-state index is -0.572. The summed E-state index contributed by atoms with van der Waals surface area (Å²) >= 11 is 5.96. The molecule has 12 heteroatoms. The SMILES string of the molecule is NC(=O)c1cnc2c(c1)nc(CN1CCC(Oc3nc(Cc4ccc(Cl)cc4)ncc3F)CC1)n2C[C@@H]1CCO1. The van der Waals surface area contributed by atoms with E-state index in [0.717, 1.165) is 43.7 Å². The van der Waals surface area contributed by atoms with Crippen LogP contribution < -0.4 is 10.5 Å². The van der Waals surface area contributed by atoms with Crippen LogP contribution in [-0.2, 0) is 24.2 Å². The number of rotatable bonds is 9. The molecule has 0 spiro atoms. The summed E-state index contributed by atoms with van der Waals surface area (Å²) in [5, 5.41) is 0.651. The smallest absolute Gasteiger partial charge is 0.254 e. The fourth-order valence-electron chi connectivity index (χ4n) is 5.02. The van der Waals surface area contributed by atoms with Gasteiger partial charge in [0.15, 0.2) is 5.65 Å². The molecule has 2 N–H and O–H groups in total. The van der Waals surface area contributed by atoms with Gasteiger partial charge in [-0.3, -0.25) is 9.69 Å². The molecule has 2 aliphatic heterocycles. The van der Waals surface area contributed by atoms with Crippen molar-refractivity contribution in [2.75, 3.05) is 19.7 Å². The molecule has 208 valence electrons. The zero-order chi connectivity index (χ0) is 27.6. The summed E-state index contributed by atoms with van der Waals surface area (Å²) in [6, 6.07) is 9.08. The molecule has 1 amide bonds. The van der Waals surface area contributed by atoms with E-state index >= 15 is 0 Å². The molecule has 4 aromatic rings. The number of fused-ring (bicyclic) bond motifs is 1. The number of pyridine rings is 1. The minimum Gasteiger partial charge on any atom is -0.472 e. The average Bonchev–Trinajstić information content (AvgIpc) is 3.26. The van der Waals surface area contributed by atoms with E-state index in [2.05, 4.69) is 24.4 Å². The van der Waals surface area contributed by atoms with Gasteiger partial charge in [-0.15, -0.1) is 0 Å². The first-order chi connectivity index (χ1) is 19.4. The summed E-state index contributed by atoms with van der Waals surface area (Å²) in [6.07, 6.45) is 5.49. The third-order valence-electron chi connectivity index (χ3n) is 7.34. The van der Waals surface area contributed by atoms with Gasteiger partial charge in [0.25, 0.3) is 5.88 Å². The van der Waals surface area contributed by atoms with Crippen molar-refractivity contribution in [3.63, 3.8) is 0 Å². The molecule has 1 atom stereocenters. The summed E-state index contributed by atoms with van der Waals surface area (Å²) in [5.74, 6) is 0.214. The lowest BCUT2D eigenvalue weighted by Gasteiger charge is -2.32. The Balaban J connectivity index is 1.10. The molecular formula is C28H29ClFN7O3. The van der Waals surface area contributed by atoms with Crippen molar-refractivity contribution < 1.29 is 18.7 Å². The molecule has 0 radical (unpaired) electrons. The van der Waals surface area contributed by atoms with Crippen LogP contribution in [0.5, 0.6) is 5.88 Å². The molecule has 40 heavy (non-hydrogen) atoms. The van der Waals surface area contributed by atoms with Crippen LogP contribution in [0.4, 0.5) is 4.39 Å². The molecule has 0 bridgehead atoms. The van der Waals surface area contributed by atoms with Crippen molar-refractivity contribution in [2.45, 2.75) is 51.0 Å². The number of primary amides is 1. The van der Waals surface area contributed by atoms with Gasteiger partial charge < -0.3 is 19.8 Å². The number of hydrogen-bond donors (Lipinski definition) is 1. The van der Waals surface area contributed by atoms with Crippen LogP contribution in [0, 0.1) is 5.82 Å². The molecule has 0 aliphatic carbocycles. The molecule has 2 saturated heterocycles. The number of amides is 1. The van der Waals surface area contributed by atoms with Crippen LogP contribution in [0.25, 0.3) is 11.2 Å². The lowest BCUT2D eigenvalue weighted by Crippen LogP contribution is -2.39. The highest BCUT2D eigenvalue weighted by atomic mass is 35.5. The molecule has 2 aliphatic rings. The number of nitrogens with zero attached hydrogens (tertiary/aromatic N) is 6. The Labute approximate surface area is 235 Å². The standard InChI is InChI=1S/C28H29ClFN7O3/c29-19-3-1-17(2-4-19)11-24-32-14-22(30)28(35-24)40-20-5-8-36(9-6-20)16-25-34-23-12-18(26(31)38)13-33-27(23)37(25)15-21-7-10-39-21/h1-4,12-14,20-21H,5-11,15-16H2,(H2,31,38)/t21-/m0/s1. The highest BCUT2D eigenvalue weighted by Crippen LogP contribution is 2.25. The van der Waals surface area contributed by atoms with Crippen molar-refractivity contribution in [1.82, 2.24) is 29.4 Å². The van der Waals surface area contributed by atoms with Gasteiger partial charge >= 0.3 is 0 Å². The lowest BCUT2D eigenvalue weighted by atomic mass is 10.1. The Morgan fingerprint density at radius 3 is 2.60 bits per heavy atom. The quantitative estimate of drug-likeness (QED) is 0.327. The van der Waals surface area contributed by atoms with Gasteiger partial charge in [0.2, 0.25) is 11.7 Å². The summed E-state index contributed by atoms with van der Waals surface area (Å²) in [6.45, 7) is 3.51. The number of aromatic nitrogens is 5. The Hall–Kier alpha value is -3.67. The van der Waals surface area contributed by atoms with Crippen LogP contribution in [-0.4, -0.2) is 67.2 Å². The maximum absolute atomic E-state index is 14.5. The van der Waals surface area contributed by atoms with Crippen molar-refractivity contribution in [3.05, 3.63) is 76.3 Å². The highest BCUT2D eigenvalue weighted by molar-refractivity contribution is 6.30. The lowest BCUT2D eigenvalue weighted by molar-refractivity contribution is -0.0593. The first kappa shape index (κ1) is 26.5. The van der Waals surface area contributed by atoms with E-state index < -0.39 is 11.7 Å². The molecule has 5 heterocycles. The zero-order valence-corrected chi connectivity index (χ0v) is 22.6. The van der Waals surface area contributed by atoms with Gasteiger partial charge in [-0.05, 0) is 43.0 Å². The topological polar surface area (TPSA) is 121 Å². The molecule has 2 fully saturated rings. The minimum absolute atomic E-state index is 0.0176. The Bertz CT molecular complexity index is 1520. The monoisotopic (exact) mass is 565 g/mol. The van der Waals surface area contributed by atoms with Crippen LogP contribution in [0.3, 0.4) is 0 Å². The third kappa shape index (κ3) is 5.91. The van der Waals surface area contributed by atoms with E-state index in [1.165, 1.54) is 6.20 Å². The highest BCUT2D eigenvalue weighted by Gasteiger charge is 2.27. The fraction of sp³-hybridized carbons (Fsp3) is 0.393. The van der Waals surface area contributed by atoms with Crippen LogP contribution >= 0.6 is 11.6 Å². The molecular weight excluding hydrogens is 537 g/mol. The fourth-order valence-corrected chi connectivity index (χ4v) is 5.14. The Kier molecular flexibility index (Phi) is 7.59. The number of halogens is 2. The van der Waals surface area contributed by atoms with Gasteiger partial charge in [-0.1, -0.05) is 23.7 Å². The largest absolute Gasteiger partial charge is 0.472 e. The number of ether oxygens (including phenoxy) is 2. The van der Waals surface area contributed by atoms with Gasteiger partial charge in [-0.2, -0.15) is 9.37 Å². The van der Waals surface area contributed by atoms with Gasteiger partial charge in [0, 0.05) is 37.3 Å². The predicted molar refractivity (Wildman–Crippen MR) is 146 cm³/mol. The van der Waals surface area contributed by atoms with E-state index in [-0.39, 0.29) is 18.1 Å². The van der Waals surface area contributed by atoms with E-state index in [1.807, 2.05) is 12.1 Å². The van der Waals surface area contributed by atoms with Crippen molar-refractivity contribution in [2.24, 2.45) is 5.73 Å². The summed E-state index contributed by atoms with van der Waals surface area (Å²) in [5.41, 5.74) is 8.10. The van der Waals surface area contributed by atoms with Gasteiger partial charge in [0.1, 0.15) is 23.3 Å². The Morgan fingerprint density at radius 1 is 1.12 bits per heavy atom. The first-order valence-electron chi connectivity index (χ1n) is 13.3. The second kappa shape index (κ2) is 11.4. The molecule has 6 rings (SSSR count). The number of carbonyl (C=O) groups is 1. The van der Waals surface area contributed by atoms with Crippen molar-refractivity contribution in [1.29, 1.82) is 0 Å². The van der Waals surface area contributed by atoms with E-state index in [9.17, 15) is 9.18 Å². The zero-order valence-electron chi connectivity index (χ0n) is 21.8. The second-order valence-corrected chi connectivity index (χ2v) is 10.6.